The first-order valence-corrected chi connectivity index (χ1v) is 6.25. The van der Waals surface area contributed by atoms with E-state index in [1.54, 1.807) is 0 Å². The van der Waals surface area contributed by atoms with Crippen molar-refractivity contribution in [2.45, 2.75) is 19.9 Å². The zero-order chi connectivity index (χ0) is 12.8. The maximum atomic E-state index is 12.7. The summed E-state index contributed by atoms with van der Waals surface area (Å²) in [5.74, 6) is -0.182. The van der Waals surface area contributed by atoms with Crippen LogP contribution in [-0.2, 0) is 13.0 Å². The van der Waals surface area contributed by atoms with E-state index in [0.29, 0.717) is 0 Å². The lowest BCUT2D eigenvalue weighted by molar-refractivity contribution is 0.625. The molecule has 2 aromatic rings. The van der Waals surface area contributed by atoms with E-state index in [4.69, 9.17) is 0 Å². The Bertz CT molecular complexity index is 491. The van der Waals surface area contributed by atoms with Crippen molar-refractivity contribution >= 4 is 0 Å². The van der Waals surface area contributed by atoms with E-state index in [2.05, 4.69) is 36.5 Å². The lowest BCUT2D eigenvalue weighted by Crippen LogP contribution is -2.16. The summed E-state index contributed by atoms with van der Waals surface area (Å²) in [4.78, 5) is 0. The Morgan fingerprint density at radius 1 is 1.00 bits per heavy atom. The Balaban J connectivity index is 1.74. The number of hydrogen-bond donors (Lipinski definition) is 1. The molecular formula is C16H18FN. The lowest BCUT2D eigenvalue weighted by atomic mass is 10.1. The summed E-state index contributed by atoms with van der Waals surface area (Å²) >= 11 is 0. The minimum Gasteiger partial charge on any atom is -0.312 e. The summed E-state index contributed by atoms with van der Waals surface area (Å²) in [6.45, 7) is 3.82. The van der Waals surface area contributed by atoms with E-state index in [-0.39, 0.29) is 5.82 Å². The van der Waals surface area contributed by atoms with Gasteiger partial charge in [-0.3, -0.25) is 0 Å². The molecule has 2 aromatic carbocycles. The van der Waals surface area contributed by atoms with Crippen molar-refractivity contribution in [2.75, 3.05) is 6.54 Å². The molecule has 18 heavy (non-hydrogen) atoms. The van der Waals surface area contributed by atoms with Crippen LogP contribution in [0.15, 0.2) is 48.5 Å². The van der Waals surface area contributed by atoms with Crippen molar-refractivity contribution in [3.63, 3.8) is 0 Å². The Morgan fingerprint density at radius 2 is 1.78 bits per heavy atom. The molecule has 0 bridgehead atoms. The third-order valence-electron chi connectivity index (χ3n) is 2.92. The minimum absolute atomic E-state index is 0.182. The van der Waals surface area contributed by atoms with E-state index in [9.17, 15) is 4.39 Å². The van der Waals surface area contributed by atoms with Gasteiger partial charge in [-0.05, 0) is 43.1 Å². The van der Waals surface area contributed by atoms with Crippen LogP contribution in [0.5, 0.6) is 0 Å². The molecule has 94 valence electrons. The van der Waals surface area contributed by atoms with Gasteiger partial charge in [-0.25, -0.2) is 4.39 Å². The van der Waals surface area contributed by atoms with E-state index < -0.39 is 0 Å². The van der Waals surface area contributed by atoms with Gasteiger partial charge in [-0.1, -0.05) is 42.0 Å². The zero-order valence-corrected chi connectivity index (χ0v) is 10.6. The topological polar surface area (TPSA) is 12.0 Å². The Kier molecular flexibility index (Phi) is 4.48. The standard InChI is InChI=1S/C16H18FN/c1-13-3-2-4-14(11-13)9-10-18-12-15-5-7-16(17)8-6-15/h2-8,11,18H,9-10,12H2,1H3. The lowest BCUT2D eigenvalue weighted by Gasteiger charge is -2.06. The zero-order valence-electron chi connectivity index (χ0n) is 10.6. The molecule has 0 spiro atoms. The summed E-state index contributed by atoms with van der Waals surface area (Å²) in [6.07, 6.45) is 1.02. The SMILES string of the molecule is Cc1cccc(CCNCc2ccc(F)cc2)c1. The molecule has 1 N–H and O–H groups in total. The van der Waals surface area contributed by atoms with Gasteiger partial charge < -0.3 is 5.32 Å². The maximum Gasteiger partial charge on any atom is 0.123 e. The third kappa shape index (κ3) is 3.97. The molecule has 0 saturated heterocycles. The van der Waals surface area contributed by atoms with Crippen LogP contribution in [0.3, 0.4) is 0 Å². The molecule has 0 heterocycles. The highest BCUT2D eigenvalue weighted by Gasteiger charge is 1.95. The van der Waals surface area contributed by atoms with Crippen LogP contribution < -0.4 is 5.32 Å². The van der Waals surface area contributed by atoms with Gasteiger partial charge in [0.15, 0.2) is 0 Å². The van der Waals surface area contributed by atoms with Gasteiger partial charge in [0, 0.05) is 6.54 Å². The Morgan fingerprint density at radius 3 is 2.50 bits per heavy atom. The first kappa shape index (κ1) is 12.8. The van der Waals surface area contributed by atoms with Gasteiger partial charge in [-0.15, -0.1) is 0 Å². The maximum absolute atomic E-state index is 12.7. The molecule has 0 saturated carbocycles. The van der Waals surface area contributed by atoms with Crippen LogP contribution in [0.2, 0.25) is 0 Å². The first-order valence-electron chi connectivity index (χ1n) is 6.25. The van der Waals surface area contributed by atoms with Crippen molar-refractivity contribution in [3.8, 4) is 0 Å². The van der Waals surface area contributed by atoms with Gasteiger partial charge in [0.05, 0.1) is 0 Å². The molecule has 0 radical (unpaired) electrons. The second-order valence-electron chi connectivity index (χ2n) is 4.54. The van der Waals surface area contributed by atoms with Crippen LogP contribution in [0.25, 0.3) is 0 Å². The van der Waals surface area contributed by atoms with Crippen molar-refractivity contribution in [3.05, 3.63) is 71.0 Å². The largest absolute Gasteiger partial charge is 0.312 e. The number of benzene rings is 2. The average Bonchev–Trinajstić information content (AvgIpc) is 2.37. The molecule has 0 aliphatic carbocycles. The summed E-state index contributed by atoms with van der Waals surface area (Å²) in [5.41, 5.74) is 3.76. The van der Waals surface area contributed by atoms with E-state index in [1.165, 1.54) is 23.3 Å². The number of nitrogens with one attached hydrogen (secondary N) is 1. The fraction of sp³-hybridized carbons (Fsp3) is 0.250. The van der Waals surface area contributed by atoms with Crippen molar-refractivity contribution in [1.29, 1.82) is 0 Å². The molecule has 2 heteroatoms. The molecule has 0 fully saturated rings. The van der Waals surface area contributed by atoms with Crippen LogP contribution in [0.4, 0.5) is 4.39 Å². The predicted molar refractivity (Wildman–Crippen MR) is 73.0 cm³/mol. The van der Waals surface area contributed by atoms with Gasteiger partial charge >= 0.3 is 0 Å². The van der Waals surface area contributed by atoms with Crippen LogP contribution in [0, 0.1) is 12.7 Å². The van der Waals surface area contributed by atoms with E-state index >= 15 is 0 Å². The molecule has 0 atom stereocenters. The van der Waals surface area contributed by atoms with Crippen molar-refractivity contribution < 1.29 is 4.39 Å². The number of aryl methyl sites for hydroxylation is 1. The monoisotopic (exact) mass is 243 g/mol. The molecule has 0 aromatic heterocycles. The fourth-order valence-electron chi connectivity index (χ4n) is 1.94. The first-order chi connectivity index (χ1) is 8.74. The summed E-state index contributed by atoms with van der Waals surface area (Å²) in [7, 11) is 0. The Labute approximate surface area is 108 Å². The summed E-state index contributed by atoms with van der Waals surface area (Å²) in [5, 5.41) is 3.37. The Hall–Kier alpha value is -1.67. The number of halogens is 1. The molecule has 0 aliphatic rings. The normalized spacial score (nSPS) is 10.6. The summed E-state index contributed by atoms with van der Waals surface area (Å²) in [6, 6.07) is 15.2. The molecule has 2 rings (SSSR count). The van der Waals surface area contributed by atoms with Gasteiger partial charge in [-0.2, -0.15) is 0 Å². The second-order valence-corrected chi connectivity index (χ2v) is 4.54. The van der Waals surface area contributed by atoms with Gasteiger partial charge in [0.1, 0.15) is 5.82 Å². The van der Waals surface area contributed by atoms with Crippen molar-refractivity contribution in [1.82, 2.24) is 5.32 Å². The highest BCUT2D eigenvalue weighted by atomic mass is 19.1. The highest BCUT2D eigenvalue weighted by molar-refractivity contribution is 5.22. The number of hydrogen-bond acceptors (Lipinski definition) is 1. The quantitative estimate of drug-likeness (QED) is 0.793. The summed E-state index contributed by atoms with van der Waals surface area (Å²) < 4.78 is 12.7. The third-order valence-corrected chi connectivity index (χ3v) is 2.92. The van der Waals surface area contributed by atoms with Crippen molar-refractivity contribution in [2.24, 2.45) is 0 Å². The number of rotatable bonds is 5. The minimum atomic E-state index is -0.182. The van der Waals surface area contributed by atoms with E-state index in [0.717, 1.165) is 25.1 Å². The highest BCUT2D eigenvalue weighted by Crippen LogP contribution is 2.05. The molecular weight excluding hydrogens is 225 g/mol. The van der Waals surface area contributed by atoms with Gasteiger partial charge in [0.25, 0.3) is 0 Å². The molecule has 1 nitrogen and oxygen atoms in total. The van der Waals surface area contributed by atoms with Crippen LogP contribution in [-0.4, -0.2) is 6.54 Å². The molecule has 0 amide bonds. The van der Waals surface area contributed by atoms with Crippen LogP contribution >= 0.6 is 0 Å². The second kappa shape index (κ2) is 6.31. The average molecular weight is 243 g/mol. The fourth-order valence-corrected chi connectivity index (χ4v) is 1.94. The van der Waals surface area contributed by atoms with Gasteiger partial charge in [0.2, 0.25) is 0 Å². The predicted octanol–water partition coefficient (Wildman–Crippen LogP) is 3.47. The van der Waals surface area contributed by atoms with E-state index in [1.807, 2.05) is 12.1 Å². The smallest absolute Gasteiger partial charge is 0.123 e. The molecule has 0 aliphatic heterocycles. The molecule has 0 unspecified atom stereocenters. The van der Waals surface area contributed by atoms with Crippen LogP contribution in [0.1, 0.15) is 16.7 Å².